The van der Waals surface area contributed by atoms with Crippen LogP contribution in [0.2, 0.25) is 0 Å². The third-order valence-corrected chi connectivity index (χ3v) is 4.19. The minimum absolute atomic E-state index is 0.320. The third kappa shape index (κ3) is 3.50. The molecule has 0 bridgehead atoms. The van der Waals surface area contributed by atoms with Crippen molar-refractivity contribution in [3.63, 3.8) is 0 Å². The molecule has 20 heavy (non-hydrogen) atoms. The van der Waals surface area contributed by atoms with Gasteiger partial charge in [-0.1, -0.05) is 26.7 Å². The predicted molar refractivity (Wildman–Crippen MR) is 79.8 cm³/mol. The molecule has 1 saturated carbocycles. The van der Waals surface area contributed by atoms with E-state index >= 15 is 0 Å². The van der Waals surface area contributed by atoms with Gasteiger partial charge in [0.2, 0.25) is 0 Å². The molecular formula is C16H24N2O2. The lowest BCUT2D eigenvalue weighted by Gasteiger charge is -2.35. The molecule has 1 aliphatic rings. The van der Waals surface area contributed by atoms with Gasteiger partial charge in [0.15, 0.2) is 0 Å². The van der Waals surface area contributed by atoms with Crippen LogP contribution in [0.3, 0.4) is 0 Å². The number of methoxy groups -OCH3 is 1. The van der Waals surface area contributed by atoms with E-state index in [1.165, 1.54) is 32.8 Å². The van der Waals surface area contributed by atoms with Gasteiger partial charge in [0.1, 0.15) is 5.82 Å². The zero-order chi connectivity index (χ0) is 14.5. The fourth-order valence-electron chi connectivity index (χ4n) is 3.08. The molecule has 0 saturated heterocycles. The van der Waals surface area contributed by atoms with Gasteiger partial charge in [-0.2, -0.15) is 0 Å². The van der Waals surface area contributed by atoms with E-state index < -0.39 is 0 Å². The molecule has 0 aliphatic heterocycles. The summed E-state index contributed by atoms with van der Waals surface area (Å²) in [6, 6.07) is 3.90. The summed E-state index contributed by atoms with van der Waals surface area (Å²) in [5, 5.41) is 3.51. The highest BCUT2D eigenvalue weighted by Crippen LogP contribution is 2.32. The maximum Gasteiger partial charge on any atom is 0.338 e. The Morgan fingerprint density at radius 3 is 2.85 bits per heavy atom. The molecule has 0 amide bonds. The highest BCUT2D eigenvalue weighted by atomic mass is 16.5. The Balaban J connectivity index is 2.10. The van der Waals surface area contributed by atoms with Crippen molar-refractivity contribution >= 4 is 11.8 Å². The largest absolute Gasteiger partial charge is 0.465 e. The first-order valence-electron chi connectivity index (χ1n) is 7.42. The lowest BCUT2D eigenvalue weighted by atomic mass is 9.78. The summed E-state index contributed by atoms with van der Waals surface area (Å²) >= 11 is 0. The molecule has 1 aromatic heterocycles. The first kappa shape index (κ1) is 14.8. The number of ether oxygens (including phenoxy) is 1. The molecule has 0 spiro atoms. The lowest BCUT2D eigenvalue weighted by Crippen LogP contribution is -2.35. The van der Waals surface area contributed by atoms with Crippen molar-refractivity contribution in [3.8, 4) is 0 Å². The van der Waals surface area contributed by atoms with Crippen molar-refractivity contribution < 1.29 is 9.53 Å². The molecule has 4 nitrogen and oxygen atoms in total. The summed E-state index contributed by atoms with van der Waals surface area (Å²) in [4.78, 5) is 15.9. The molecule has 1 aromatic rings. The van der Waals surface area contributed by atoms with Crippen LogP contribution < -0.4 is 5.32 Å². The number of pyridine rings is 1. The molecule has 2 rings (SSSR count). The molecule has 110 valence electrons. The zero-order valence-corrected chi connectivity index (χ0v) is 12.6. The number of nitrogens with zero attached hydrogens (tertiary/aromatic N) is 1. The van der Waals surface area contributed by atoms with E-state index in [9.17, 15) is 4.79 Å². The van der Waals surface area contributed by atoms with Crippen LogP contribution in [0.5, 0.6) is 0 Å². The highest BCUT2D eigenvalue weighted by molar-refractivity contribution is 5.89. The van der Waals surface area contributed by atoms with Crippen LogP contribution in [0.15, 0.2) is 18.3 Å². The quantitative estimate of drug-likeness (QED) is 0.855. The standard InChI is InChI=1S/C16H24N2O2/c1-11(2)13-6-4-5-7-14(13)18-15-10-12(8-9-17-15)16(19)20-3/h8-11,13-14H,4-7H2,1-3H3,(H,17,18). The number of anilines is 1. The predicted octanol–water partition coefficient (Wildman–Crippen LogP) is 3.49. The second kappa shape index (κ2) is 6.73. The Labute approximate surface area is 120 Å². The molecule has 1 fully saturated rings. The fourth-order valence-corrected chi connectivity index (χ4v) is 3.08. The van der Waals surface area contributed by atoms with Crippen LogP contribution in [-0.2, 0) is 4.74 Å². The second-order valence-electron chi connectivity index (χ2n) is 5.86. The molecule has 1 N–H and O–H groups in total. The first-order valence-corrected chi connectivity index (χ1v) is 7.42. The zero-order valence-electron chi connectivity index (χ0n) is 12.6. The van der Waals surface area contributed by atoms with Gasteiger partial charge in [-0.05, 0) is 36.8 Å². The van der Waals surface area contributed by atoms with Gasteiger partial charge in [-0.3, -0.25) is 0 Å². The van der Waals surface area contributed by atoms with Crippen LogP contribution >= 0.6 is 0 Å². The normalized spacial score (nSPS) is 22.6. The van der Waals surface area contributed by atoms with E-state index in [1.807, 2.05) is 0 Å². The number of nitrogens with one attached hydrogen (secondary N) is 1. The maximum atomic E-state index is 11.6. The minimum Gasteiger partial charge on any atom is -0.465 e. The van der Waals surface area contributed by atoms with Crippen LogP contribution in [0, 0.1) is 11.8 Å². The van der Waals surface area contributed by atoms with Gasteiger partial charge in [-0.15, -0.1) is 0 Å². The van der Waals surface area contributed by atoms with Crippen molar-refractivity contribution in [1.29, 1.82) is 0 Å². The summed E-state index contributed by atoms with van der Waals surface area (Å²) in [5.74, 6) is 1.79. The minimum atomic E-state index is -0.320. The van der Waals surface area contributed by atoms with Gasteiger partial charge in [-0.25, -0.2) is 9.78 Å². The van der Waals surface area contributed by atoms with E-state index in [0.717, 1.165) is 5.82 Å². The summed E-state index contributed by atoms with van der Waals surface area (Å²) < 4.78 is 4.75. The van der Waals surface area contributed by atoms with Crippen LogP contribution in [-0.4, -0.2) is 24.1 Å². The van der Waals surface area contributed by atoms with Crippen LogP contribution in [0.4, 0.5) is 5.82 Å². The molecule has 2 atom stereocenters. The van der Waals surface area contributed by atoms with Crippen molar-refractivity contribution in [3.05, 3.63) is 23.9 Å². The van der Waals surface area contributed by atoms with E-state index in [-0.39, 0.29) is 5.97 Å². The Hall–Kier alpha value is -1.58. The molecule has 1 aliphatic carbocycles. The average molecular weight is 276 g/mol. The van der Waals surface area contributed by atoms with Gasteiger partial charge in [0.05, 0.1) is 12.7 Å². The summed E-state index contributed by atoms with van der Waals surface area (Å²) in [6.45, 7) is 4.56. The van der Waals surface area contributed by atoms with Crippen molar-refractivity contribution in [1.82, 2.24) is 4.98 Å². The van der Waals surface area contributed by atoms with Gasteiger partial charge < -0.3 is 10.1 Å². The Bertz CT molecular complexity index is 460. The Morgan fingerprint density at radius 1 is 1.40 bits per heavy atom. The Morgan fingerprint density at radius 2 is 2.15 bits per heavy atom. The van der Waals surface area contributed by atoms with E-state index in [0.29, 0.717) is 23.4 Å². The molecule has 0 aromatic carbocycles. The molecular weight excluding hydrogens is 252 g/mol. The van der Waals surface area contributed by atoms with E-state index in [4.69, 9.17) is 4.74 Å². The van der Waals surface area contributed by atoms with Crippen molar-refractivity contribution in [2.75, 3.05) is 12.4 Å². The topological polar surface area (TPSA) is 51.2 Å². The van der Waals surface area contributed by atoms with Gasteiger partial charge in [0.25, 0.3) is 0 Å². The van der Waals surface area contributed by atoms with E-state index in [2.05, 4.69) is 24.1 Å². The average Bonchev–Trinajstić information content (AvgIpc) is 2.47. The number of hydrogen-bond acceptors (Lipinski definition) is 4. The lowest BCUT2D eigenvalue weighted by molar-refractivity contribution is 0.0600. The highest BCUT2D eigenvalue weighted by Gasteiger charge is 2.27. The summed E-state index contributed by atoms with van der Waals surface area (Å²) in [6.07, 6.45) is 6.68. The van der Waals surface area contributed by atoms with Crippen molar-refractivity contribution in [2.24, 2.45) is 11.8 Å². The number of carbonyl (C=O) groups is 1. The number of hydrogen-bond donors (Lipinski definition) is 1. The smallest absolute Gasteiger partial charge is 0.338 e. The number of rotatable bonds is 4. The molecule has 0 radical (unpaired) electrons. The van der Waals surface area contributed by atoms with Crippen molar-refractivity contribution in [2.45, 2.75) is 45.6 Å². The van der Waals surface area contributed by atoms with Crippen LogP contribution in [0.25, 0.3) is 0 Å². The number of esters is 1. The molecule has 1 heterocycles. The fraction of sp³-hybridized carbons (Fsp3) is 0.625. The summed E-state index contributed by atoms with van der Waals surface area (Å²) in [7, 11) is 1.39. The SMILES string of the molecule is COC(=O)c1ccnc(NC2CCCCC2C(C)C)c1. The number of carbonyl (C=O) groups excluding carboxylic acids is 1. The first-order chi connectivity index (χ1) is 9.61. The van der Waals surface area contributed by atoms with Crippen LogP contribution in [0.1, 0.15) is 49.9 Å². The summed E-state index contributed by atoms with van der Waals surface area (Å²) in [5.41, 5.74) is 0.543. The number of aromatic nitrogens is 1. The molecule has 2 unspecified atom stereocenters. The van der Waals surface area contributed by atoms with E-state index in [1.54, 1.807) is 18.3 Å². The van der Waals surface area contributed by atoms with Gasteiger partial charge in [0, 0.05) is 12.2 Å². The molecule has 4 heteroatoms. The second-order valence-corrected chi connectivity index (χ2v) is 5.86. The third-order valence-electron chi connectivity index (χ3n) is 4.19. The Kier molecular flexibility index (Phi) is 4.99. The maximum absolute atomic E-state index is 11.6. The monoisotopic (exact) mass is 276 g/mol. The van der Waals surface area contributed by atoms with Gasteiger partial charge >= 0.3 is 5.97 Å².